The smallest absolute Gasteiger partial charge is 0.349 e. The lowest BCUT2D eigenvalue weighted by Crippen LogP contribution is -2.16. The SMILES string of the molecule is CCCCC(CC)COC(=O)/C(C#N)=C1/c2ccccc2-c2c(C)ccnc21. The summed E-state index contributed by atoms with van der Waals surface area (Å²) >= 11 is 0. The van der Waals surface area contributed by atoms with Crippen LogP contribution in [-0.2, 0) is 9.53 Å². The molecule has 0 saturated heterocycles. The summed E-state index contributed by atoms with van der Waals surface area (Å²) in [5.41, 5.74) is 5.25. The molecule has 0 N–H and O–H groups in total. The highest BCUT2D eigenvalue weighted by Crippen LogP contribution is 2.45. The molecule has 144 valence electrons. The molecule has 1 aromatic heterocycles. The van der Waals surface area contributed by atoms with Gasteiger partial charge < -0.3 is 4.74 Å². The van der Waals surface area contributed by atoms with Crippen LogP contribution >= 0.6 is 0 Å². The molecule has 0 fully saturated rings. The highest BCUT2D eigenvalue weighted by atomic mass is 16.5. The lowest BCUT2D eigenvalue weighted by molar-refractivity contribution is -0.139. The van der Waals surface area contributed by atoms with Crippen LogP contribution in [0.1, 0.15) is 56.4 Å². The predicted molar refractivity (Wildman–Crippen MR) is 110 cm³/mol. The molecule has 28 heavy (non-hydrogen) atoms. The molecule has 1 aliphatic rings. The molecule has 0 aliphatic heterocycles. The number of rotatable bonds is 7. The van der Waals surface area contributed by atoms with Crippen molar-refractivity contribution in [2.75, 3.05) is 6.61 Å². The first-order valence-corrected chi connectivity index (χ1v) is 9.99. The monoisotopic (exact) mass is 374 g/mol. The maximum atomic E-state index is 12.8. The molecule has 0 radical (unpaired) electrons. The standard InChI is InChI=1S/C24H26N2O2/c1-4-6-9-17(5-2)15-28-24(27)20(14-25)22-19-11-8-7-10-18(19)21-16(3)12-13-26-23(21)22/h7-8,10-13,17H,4-6,9,15H2,1-3H3/b22-20-. The van der Waals surface area contributed by atoms with Crippen LogP contribution in [0.4, 0.5) is 0 Å². The summed E-state index contributed by atoms with van der Waals surface area (Å²) in [6.07, 6.45) is 5.95. The van der Waals surface area contributed by atoms with Crippen molar-refractivity contribution in [1.29, 1.82) is 5.26 Å². The third-order valence-electron chi connectivity index (χ3n) is 5.42. The molecule has 2 aromatic rings. The van der Waals surface area contributed by atoms with Gasteiger partial charge in [0.1, 0.15) is 11.6 Å². The maximum Gasteiger partial charge on any atom is 0.349 e. The fourth-order valence-corrected chi connectivity index (χ4v) is 3.75. The van der Waals surface area contributed by atoms with Crippen molar-refractivity contribution < 1.29 is 9.53 Å². The highest BCUT2D eigenvalue weighted by molar-refractivity contribution is 6.11. The Balaban J connectivity index is 1.98. The Labute approximate surface area is 166 Å². The van der Waals surface area contributed by atoms with Crippen LogP contribution in [0, 0.1) is 24.2 Å². The van der Waals surface area contributed by atoms with Gasteiger partial charge in [-0.2, -0.15) is 5.26 Å². The van der Waals surface area contributed by atoms with E-state index in [1.54, 1.807) is 6.20 Å². The molecule has 0 saturated carbocycles. The number of pyridine rings is 1. The van der Waals surface area contributed by atoms with Crippen LogP contribution in [0.15, 0.2) is 42.1 Å². The van der Waals surface area contributed by atoms with Gasteiger partial charge in [-0.15, -0.1) is 0 Å². The van der Waals surface area contributed by atoms with E-state index in [2.05, 4.69) is 24.9 Å². The van der Waals surface area contributed by atoms with E-state index in [9.17, 15) is 10.1 Å². The summed E-state index contributed by atoms with van der Waals surface area (Å²) in [6.45, 7) is 6.63. The molecule has 1 aromatic carbocycles. The molecule has 0 spiro atoms. The topological polar surface area (TPSA) is 63.0 Å². The third kappa shape index (κ3) is 3.71. The van der Waals surface area contributed by atoms with E-state index >= 15 is 0 Å². The summed E-state index contributed by atoms with van der Waals surface area (Å²) < 4.78 is 5.57. The van der Waals surface area contributed by atoms with Gasteiger partial charge >= 0.3 is 5.97 Å². The Hall–Kier alpha value is -2.93. The van der Waals surface area contributed by atoms with Crippen molar-refractivity contribution in [1.82, 2.24) is 4.98 Å². The number of hydrogen-bond donors (Lipinski definition) is 0. The van der Waals surface area contributed by atoms with Gasteiger partial charge in [-0.3, -0.25) is 4.98 Å². The molecule has 4 nitrogen and oxygen atoms in total. The van der Waals surface area contributed by atoms with Crippen LogP contribution in [0.3, 0.4) is 0 Å². The van der Waals surface area contributed by atoms with E-state index in [0.717, 1.165) is 47.9 Å². The molecular weight excluding hydrogens is 348 g/mol. The Bertz CT molecular complexity index is 953. The van der Waals surface area contributed by atoms with Crippen LogP contribution in [0.5, 0.6) is 0 Å². The molecule has 1 aliphatic carbocycles. The first-order chi connectivity index (χ1) is 13.6. The van der Waals surface area contributed by atoms with Gasteiger partial charge in [0.15, 0.2) is 0 Å². The average molecular weight is 374 g/mol. The summed E-state index contributed by atoms with van der Waals surface area (Å²) in [4.78, 5) is 17.3. The number of aromatic nitrogens is 1. The van der Waals surface area contributed by atoms with E-state index < -0.39 is 5.97 Å². The van der Waals surface area contributed by atoms with Crippen LogP contribution in [0.2, 0.25) is 0 Å². The Morgan fingerprint density at radius 3 is 2.64 bits per heavy atom. The zero-order valence-corrected chi connectivity index (χ0v) is 16.8. The second-order valence-electron chi connectivity index (χ2n) is 7.27. The Morgan fingerprint density at radius 1 is 1.21 bits per heavy atom. The number of unbranched alkanes of at least 4 members (excludes halogenated alkanes) is 1. The normalized spacial score (nSPS) is 14.6. The van der Waals surface area contributed by atoms with Crippen molar-refractivity contribution in [3.05, 3.63) is 58.9 Å². The van der Waals surface area contributed by atoms with Crippen molar-refractivity contribution in [2.24, 2.45) is 5.92 Å². The van der Waals surface area contributed by atoms with Crippen molar-refractivity contribution >= 4 is 11.5 Å². The summed E-state index contributed by atoms with van der Waals surface area (Å²) in [5, 5.41) is 9.80. The minimum atomic E-state index is -0.557. The number of hydrogen-bond acceptors (Lipinski definition) is 4. The largest absolute Gasteiger partial charge is 0.461 e. The minimum Gasteiger partial charge on any atom is -0.461 e. The van der Waals surface area contributed by atoms with Gasteiger partial charge in [0.2, 0.25) is 0 Å². The average Bonchev–Trinajstić information content (AvgIpc) is 3.04. The van der Waals surface area contributed by atoms with E-state index in [1.807, 2.05) is 37.3 Å². The maximum absolute atomic E-state index is 12.8. The van der Waals surface area contributed by atoms with Crippen molar-refractivity contribution in [3.8, 4) is 17.2 Å². The first-order valence-electron chi connectivity index (χ1n) is 9.99. The fourth-order valence-electron chi connectivity index (χ4n) is 3.75. The number of nitrogens with zero attached hydrogens (tertiary/aromatic N) is 2. The van der Waals surface area contributed by atoms with Gasteiger partial charge in [-0.05, 0) is 42.0 Å². The second-order valence-corrected chi connectivity index (χ2v) is 7.27. The molecule has 0 amide bonds. The third-order valence-corrected chi connectivity index (χ3v) is 5.42. The zero-order valence-electron chi connectivity index (χ0n) is 16.8. The van der Waals surface area contributed by atoms with Gasteiger partial charge in [-0.25, -0.2) is 4.79 Å². The Morgan fingerprint density at radius 2 is 1.96 bits per heavy atom. The van der Waals surface area contributed by atoms with Crippen LogP contribution in [-0.4, -0.2) is 17.6 Å². The van der Waals surface area contributed by atoms with E-state index in [1.165, 1.54) is 0 Å². The van der Waals surface area contributed by atoms with Gasteiger partial charge in [0.05, 0.1) is 12.3 Å². The van der Waals surface area contributed by atoms with Crippen molar-refractivity contribution in [2.45, 2.75) is 46.5 Å². The van der Waals surface area contributed by atoms with Gasteiger partial charge in [0.25, 0.3) is 0 Å². The molecule has 3 rings (SSSR count). The van der Waals surface area contributed by atoms with Crippen LogP contribution < -0.4 is 0 Å². The molecule has 0 bridgehead atoms. The Kier molecular flexibility index (Phi) is 6.26. The second kappa shape index (κ2) is 8.84. The van der Waals surface area contributed by atoms with Gasteiger partial charge in [0, 0.05) is 17.3 Å². The number of esters is 1. The van der Waals surface area contributed by atoms with E-state index in [-0.39, 0.29) is 5.57 Å². The predicted octanol–water partition coefficient (Wildman–Crippen LogP) is 5.46. The van der Waals surface area contributed by atoms with Gasteiger partial charge in [-0.1, -0.05) is 57.4 Å². The summed E-state index contributed by atoms with van der Waals surface area (Å²) in [5.74, 6) is -0.226. The number of ether oxygens (including phenoxy) is 1. The molecule has 1 unspecified atom stereocenters. The highest BCUT2D eigenvalue weighted by Gasteiger charge is 2.31. The molecule has 1 atom stereocenters. The minimum absolute atomic E-state index is 0.0367. The molecular formula is C24H26N2O2. The van der Waals surface area contributed by atoms with Crippen LogP contribution in [0.25, 0.3) is 16.7 Å². The summed E-state index contributed by atoms with van der Waals surface area (Å²) in [7, 11) is 0. The van der Waals surface area contributed by atoms with Crippen molar-refractivity contribution in [3.63, 3.8) is 0 Å². The van der Waals surface area contributed by atoms with E-state index in [0.29, 0.717) is 23.8 Å². The van der Waals surface area contributed by atoms with E-state index in [4.69, 9.17) is 4.74 Å². The number of fused-ring (bicyclic) bond motifs is 3. The number of nitriles is 1. The zero-order chi connectivity index (χ0) is 20.1. The molecule has 1 heterocycles. The summed E-state index contributed by atoms with van der Waals surface area (Å²) in [6, 6.07) is 11.9. The quantitative estimate of drug-likeness (QED) is 0.313. The number of carbonyl (C=O) groups excluding carboxylic acids is 1. The first kappa shape index (κ1) is 19.8. The lowest BCUT2D eigenvalue weighted by atomic mass is 10.00. The fraction of sp³-hybridized carbons (Fsp3) is 0.375. The number of carbonyl (C=O) groups is 1. The number of aryl methyl sites for hydroxylation is 1. The lowest BCUT2D eigenvalue weighted by Gasteiger charge is -2.15. The number of benzene rings is 1. The molecule has 4 heteroatoms.